The summed E-state index contributed by atoms with van der Waals surface area (Å²) in [4.78, 5) is 17.0. The molecule has 3 rings (SSSR count). The van der Waals surface area contributed by atoms with Crippen LogP contribution in [0.15, 0.2) is 12.1 Å². The minimum atomic E-state index is -0.245. The summed E-state index contributed by atoms with van der Waals surface area (Å²) in [7, 11) is 1.68. The number of thiophene rings is 1. The third-order valence-corrected chi connectivity index (χ3v) is 5.34. The van der Waals surface area contributed by atoms with Gasteiger partial charge in [0.05, 0.1) is 6.10 Å². The van der Waals surface area contributed by atoms with Crippen LogP contribution in [0.4, 0.5) is 0 Å². The lowest BCUT2D eigenvalue weighted by molar-refractivity contribution is -0.143. The minimum absolute atomic E-state index is 0.0239. The number of amides is 1. The first-order valence-corrected chi connectivity index (χ1v) is 8.15. The second-order valence-electron chi connectivity index (χ2n) is 5.69. The maximum Gasteiger partial charge on any atom is 0.248 e. The molecule has 3 heterocycles. The highest BCUT2D eigenvalue weighted by molar-refractivity contribution is 7.11. The number of hydrogen-bond acceptors (Lipinski definition) is 4. The Morgan fingerprint density at radius 1 is 1.45 bits per heavy atom. The molecule has 0 aliphatic carbocycles. The van der Waals surface area contributed by atoms with Crippen molar-refractivity contribution in [2.45, 2.75) is 51.0 Å². The highest BCUT2D eigenvalue weighted by Crippen LogP contribution is 2.33. The Hall–Kier alpha value is -0.910. The second kappa shape index (κ2) is 5.84. The van der Waals surface area contributed by atoms with Crippen LogP contribution < -0.4 is 5.32 Å². The van der Waals surface area contributed by atoms with E-state index in [4.69, 9.17) is 4.74 Å². The predicted molar refractivity (Wildman–Crippen MR) is 79.8 cm³/mol. The average molecular weight is 294 g/mol. The fourth-order valence-corrected chi connectivity index (χ4v) is 4.25. The van der Waals surface area contributed by atoms with Crippen molar-refractivity contribution in [3.8, 4) is 0 Å². The van der Waals surface area contributed by atoms with E-state index < -0.39 is 0 Å². The minimum Gasteiger partial charge on any atom is -0.363 e. The Balaban J connectivity index is 1.61. The van der Waals surface area contributed by atoms with E-state index in [0.717, 1.165) is 32.4 Å². The van der Waals surface area contributed by atoms with Gasteiger partial charge in [0.1, 0.15) is 6.10 Å². The number of nitrogens with zero attached hydrogens (tertiary/aromatic N) is 1. The van der Waals surface area contributed by atoms with Crippen LogP contribution >= 0.6 is 11.3 Å². The molecule has 2 fully saturated rings. The number of rotatable bonds is 3. The standard InChI is InChI=1S/C15H22N2O2S/c1-10-3-4-11(20-10)9-17-8-7-13-12(17)5-6-14(19-13)15(18)16-2/h3-4,12-14H,5-9H2,1-2H3,(H,16,18)/t12-,13-,14-/m0/s1. The van der Waals surface area contributed by atoms with Gasteiger partial charge >= 0.3 is 0 Å². The second-order valence-corrected chi connectivity index (χ2v) is 7.07. The Kier molecular flexibility index (Phi) is 4.10. The topological polar surface area (TPSA) is 41.6 Å². The zero-order valence-electron chi connectivity index (χ0n) is 12.1. The highest BCUT2D eigenvalue weighted by Gasteiger charge is 2.41. The van der Waals surface area contributed by atoms with Crippen molar-refractivity contribution in [1.82, 2.24) is 10.2 Å². The van der Waals surface area contributed by atoms with Crippen LogP contribution in [0, 0.1) is 6.92 Å². The molecular formula is C15H22N2O2S. The van der Waals surface area contributed by atoms with Crippen LogP contribution in [0.1, 0.15) is 29.0 Å². The predicted octanol–water partition coefficient (Wildman–Crippen LogP) is 1.92. The van der Waals surface area contributed by atoms with E-state index in [0.29, 0.717) is 6.04 Å². The number of fused-ring (bicyclic) bond motifs is 1. The largest absolute Gasteiger partial charge is 0.363 e. The van der Waals surface area contributed by atoms with Crippen LogP contribution in [0.2, 0.25) is 0 Å². The summed E-state index contributed by atoms with van der Waals surface area (Å²) in [5.41, 5.74) is 0. The highest BCUT2D eigenvalue weighted by atomic mass is 32.1. The molecule has 0 unspecified atom stereocenters. The molecule has 0 radical (unpaired) electrons. The van der Waals surface area contributed by atoms with Gasteiger partial charge in [-0.2, -0.15) is 0 Å². The van der Waals surface area contributed by atoms with Gasteiger partial charge in [-0.25, -0.2) is 0 Å². The summed E-state index contributed by atoms with van der Waals surface area (Å²) in [5.74, 6) is 0.0239. The number of hydrogen-bond donors (Lipinski definition) is 1. The fourth-order valence-electron chi connectivity index (χ4n) is 3.34. The molecule has 2 saturated heterocycles. The molecule has 1 amide bonds. The summed E-state index contributed by atoms with van der Waals surface area (Å²) >= 11 is 1.88. The number of ether oxygens (including phenoxy) is 1. The molecule has 0 saturated carbocycles. The van der Waals surface area contributed by atoms with Crippen LogP contribution in [-0.4, -0.2) is 42.6 Å². The lowest BCUT2D eigenvalue weighted by Crippen LogP contribution is -2.46. The van der Waals surface area contributed by atoms with Crippen molar-refractivity contribution in [2.75, 3.05) is 13.6 Å². The maximum atomic E-state index is 11.7. The van der Waals surface area contributed by atoms with Crippen molar-refractivity contribution < 1.29 is 9.53 Å². The zero-order chi connectivity index (χ0) is 14.1. The molecule has 1 aromatic heterocycles. The first-order chi connectivity index (χ1) is 9.67. The Bertz CT molecular complexity index is 488. The van der Waals surface area contributed by atoms with E-state index in [1.165, 1.54) is 9.75 Å². The monoisotopic (exact) mass is 294 g/mol. The molecule has 110 valence electrons. The van der Waals surface area contributed by atoms with Gasteiger partial charge < -0.3 is 10.1 Å². The average Bonchev–Trinajstić information content (AvgIpc) is 3.05. The van der Waals surface area contributed by atoms with Gasteiger partial charge in [-0.3, -0.25) is 9.69 Å². The molecule has 1 N–H and O–H groups in total. The van der Waals surface area contributed by atoms with E-state index in [-0.39, 0.29) is 18.1 Å². The molecule has 20 heavy (non-hydrogen) atoms. The van der Waals surface area contributed by atoms with Gasteiger partial charge in [0.2, 0.25) is 5.91 Å². The van der Waals surface area contributed by atoms with Gasteiger partial charge in [-0.1, -0.05) is 0 Å². The van der Waals surface area contributed by atoms with Crippen LogP contribution in [0.25, 0.3) is 0 Å². The molecule has 0 aromatic carbocycles. The van der Waals surface area contributed by atoms with Gasteiger partial charge in [0, 0.05) is 35.9 Å². The Morgan fingerprint density at radius 3 is 3.00 bits per heavy atom. The van der Waals surface area contributed by atoms with Crippen LogP contribution in [-0.2, 0) is 16.1 Å². The molecule has 3 atom stereocenters. The van der Waals surface area contributed by atoms with Gasteiger partial charge in [-0.15, -0.1) is 11.3 Å². The molecule has 4 nitrogen and oxygen atoms in total. The molecule has 1 aromatic rings. The third kappa shape index (κ3) is 2.75. The van der Waals surface area contributed by atoms with E-state index in [1.54, 1.807) is 7.05 Å². The lowest BCUT2D eigenvalue weighted by Gasteiger charge is -2.35. The van der Waals surface area contributed by atoms with Crippen molar-refractivity contribution in [2.24, 2.45) is 0 Å². The van der Waals surface area contributed by atoms with E-state index in [1.807, 2.05) is 11.3 Å². The summed E-state index contributed by atoms with van der Waals surface area (Å²) in [6.07, 6.45) is 2.92. The SMILES string of the molecule is CNC(=O)[C@@H]1CC[C@H]2[C@H](CCN2Cc2ccc(C)s2)O1. The van der Waals surface area contributed by atoms with Crippen molar-refractivity contribution in [3.05, 3.63) is 21.9 Å². The van der Waals surface area contributed by atoms with Gasteiger partial charge in [-0.05, 0) is 38.3 Å². The fraction of sp³-hybridized carbons (Fsp3) is 0.667. The summed E-state index contributed by atoms with van der Waals surface area (Å²) in [6, 6.07) is 4.90. The van der Waals surface area contributed by atoms with Crippen LogP contribution in [0.5, 0.6) is 0 Å². The van der Waals surface area contributed by atoms with Crippen molar-refractivity contribution in [3.63, 3.8) is 0 Å². The first kappa shape index (κ1) is 14.0. The number of likely N-dealkylation sites (N-methyl/N-ethyl adjacent to an activating group) is 1. The first-order valence-electron chi connectivity index (χ1n) is 7.34. The smallest absolute Gasteiger partial charge is 0.248 e. The number of carbonyl (C=O) groups excluding carboxylic acids is 1. The van der Waals surface area contributed by atoms with Gasteiger partial charge in [0.15, 0.2) is 0 Å². The maximum absolute atomic E-state index is 11.7. The number of aryl methyl sites for hydroxylation is 1. The summed E-state index contributed by atoms with van der Waals surface area (Å²) in [6.45, 7) is 4.25. The van der Waals surface area contributed by atoms with E-state index in [9.17, 15) is 4.79 Å². The van der Waals surface area contributed by atoms with Gasteiger partial charge in [0.25, 0.3) is 0 Å². The molecule has 0 bridgehead atoms. The van der Waals surface area contributed by atoms with Crippen molar-refractivity contribution in [1.29, 1.82) is 0 Å². The zero-order valence-corrected chi connectivity index (χ0v) is 12.9. The number of likely N-dealkylation sites (tertiary alicyclic amines) is 1. The quantitative estimate of drug-likeness (QED) is 0.926. The third-order valence-electron chi connectivity index (χ3n) is 4.36. The normalized spacial score (nSPS) is 30.2. The number of nitrogens with one attached hydrogen (secondary N) is 1. The number of carbonyl (C=O) groups is 1. The van der Waals surface area contributed by atoms with E-state index >= 15 is 0 Å². The lowest BCUT2D eigenvalue weighted by atomic mass is 9.98. The molecule has 2 aliphatic rings. The molecular weight excluding hydrogens is 272 g/mol. The molecule has 2 aliphatic heterocycles. The van der Waals surface area contributed by atoms with Crippen molar-refractivity contribution >= 4 is 17.2 Å². The van der Waals surface area contributed by atoms with Crippen LogP contribution in [0.3, 0.4) is 0 Å². The Morgan fingerprint density at radius 2 is 2.30 bits per heavy atom. The Labute approximate surface area is 124 Å². The molecule has 5 heteroatoms. The summed E-state index contributed by atoms with van der Waals surface area (Å²) in [5, 5.41) is 2.69. The van der Waals surface area contributed by atoms with E-state index in [2.05, 4.69) is 29.3 Å². The summed E-state index contributed by atoms with van der Waals surface area (Å²) < 4.78 is 5.99. The molecule has 0 spiro atoms.